The zero-order chi connectivity index (χ0) is 47.8. The number of benzene rings is 13. The van der Waals surface area contributed by atoms with Crippen LogP contribution >= 0.6 is 0 Å². The number of nitrogens with zero attached hydrogens (tertiary/aromatic N) is 2. The molecule has 0 N–H and O–H groups in total. The van der Waals surface area contributed by atoms with Crippen LogP contribution in [0.25, 0.3) is 88.3 Å². The van der Waals surface area contributed by atoms with Crippen LogP contribution in [-0.2, 0) is 0 Å². The minimum atomic E-state index is 1.10. The van der Waals surface area contributed by atoms with E-state index >= 15 is 0 Å². The molecule has 0 amide bonds. The Balaban J connectivity index is 0.771. The highest BCUT2D eigenvalue weighted by molar-refractivity contribution is 6.14. The highest BCUT2D eigenvalue weighted by atomic mass is 15.1. The van der Waals surface area contributed by atoms with Crippen LogP contribution in [0.3, 0.4) is 0 Å². The topological polar surface area (TPSA) is 6.48 Å². The zero-order valence-electron chi connectivity index (χ0n) is 39.6. The molecule has 13 aromatic carbocycles. The van der Waals surface area contributed by atoms with Gasteiger partial charge in [0.25, 0.3) is 0 Å². The van der Waals surface area contributed by atoms with E-state index in [9.17, 15) is 0 Å². The molecule has 0 aliphatic carbocycles. The van der Waals surface area contributed by atoms with Gasteiger partial charge in [0.1, 0.15) is 0 Å². The number of rotatable bonds is 10. The van der Waals surface area contributed by atoms with E-state index in [0.29, 0.717) is 0 Å². The molecule has 2 heteroatoms. The molecule has 0 fully saturated rings. The average molecular weight is 917 g/mol. The maximum Gasteiger partial charge on any atom is 0.0468 e. The average Bonchev–Trinajstić information content (AvgIpc) is 3.45. The minimum Gasteiger partial charge on any atom is -0.311 e. The first-order valence-corrected chi connectivity index (χ1v) is 24.7. The van der Waals surface area contributed by atoms with Gasteiger partial charge < -0.3 is 9.80 Å². The third kappa shape index (κ3) is 8.01. The van der Waals surface area contributed by atoms with Crippen LogP contribution in [0.15, 0.2) is 279 Å². The Bertz CT molecular complexity index is 4010. The fourth-order valence-electron chi connectivity index (χ4n) is 10.7. The summed E-state index contributed by atoms with van der Waals surface area (Å²) in [5, 5.41) is 12.4. The molecule has 0 aliphatic heterocycles. The van der Waals surface area contributed by atoms with Crippen LogP contribution in [0.4, 0.5) is 34.1 Å². The summed E-state index contributed by atoms with van der Waals surface area (Å²) in [5.41, 5.74) is 13.9. The number of hydrogen-bond acceptors (Lipinski definition) is 2. The molecule has 0 aromatic heterocycles. The maximum atomic E-state index is 2.35. The summed E-state index contributed by atoms with van der Waals surface area (Å²) in [5.74, 6) is 0. The number of anilines is 6. The summed E-state index contributed by atoms with van der Waals surface area (Å²) in [4.78, 5) is 4.68. The molecule has 13 aromatic rings. The molecular formula is C70H48N2. The van der Waals surface area contributed by atoms with E-state index in [1.165, 1.54) is 76.1 Å². The molecule has 0 atom stereocenters. The van der Waals surface area contributed by atoms with E-state index in [4.69, 9.17) is 0 Å². The largest absolute Gasteiger partial charge is 0.311 e. The quantitative estimate of drug-likeness (QED) is 0.0996. The lowest BCUT2D eigenvalue weighted by atomic mass is 9.92. The van der Waals surface area contributed by atoms with Crippen molar-refractivity contribution in [2.45, 2.75) is 0 Å². The van der Waals surface area contributed by atoms with Gasteiger partial charge in [-0.2, -0.15) is 0 Å². The number of hydrogen-bond donors (Lipinski definition) is 0. The second kappa shape index (κ2) is 18.4. The van der Waals surface area contributed by atoms with E-state index < -0.39 is 0 Å². The highest BCUT2D eigenvalue weighted by Crippen LogP contribution is 2.42. The standard InChI is InChI=1S/C70H48N2/c1-3-19-59(20-4-1)71(62-40-33-51(34-41-62)69-65-23-11-7-15-55(65)46-56-16-8-12-24-66(56)69)61-38-30-49(31-39-61)27-28-50-29-32-54-48-64(44-37-53(54)45-50)72(60-21-5-2-6-22-60)63-42-35-52(36-43-63)70-67-25-13-9-17-57(67)47-58-18-10-14-26-68(58)70/h1-48H/b28-27+. The summed E-state index contributed by atoms with van der Waals surface area (Å²) in [6.45, 7) is 0. The molecule has 0 saturated heterocycles. The summed E-state index contributed by atoms with van der Waals surface area (Å²) in [6.07, 6.45) is 4.42. The molecule has 0 spiro atoms. The summed E-state index contributed by atoms with van der Waals surface area (Å²) >= 11 is 0. The molecule has 0 saturated carbocycles. The van der Waals surface area contributed by atoms with Crippen molar-refractivity contribution in [3.05, 3.63) is 290 Å². The summed E-state index contributed by atoms with van der Waals surface area (Å²) < 4.78 is 0. The normalized spacial score (nSPS) is 11.6. The Labute approximate surface area is 420 Å². The first-order valence-electron chi connectivity index (χ1n) is 24.7. The van der Waals surface area contributed by atoms with Crippen molar-refractivity contribution in [2.75, 3.05) is 9.80 Å². The van der Waals surface area contributed by atoms with E-state index in [0.717, 1.165) is 45.3 Å². The van der Waals surface area contributed by atoms with Gasteiger partial charge in [0.2, 0.25) is 0 Å². The Morgan fingerprint density at radius 2 is 0.528 bits per heavy atom. The van der Waals surface area contributed by atoms with Gasteiger partial charge in [-0.25, -0.2) is 0 Å². The third-order valence-electron chi connectivity index (χ3n) is 14.1. The molecule has 0 heterocycles. The molecule has 0 unspecified atom stereocenters. The lowest BCUT2D eigenvalue weighted by Gasteiger charge is -2.26. The van der Waals surface area contributed by atoms with Crippen LogP contribution in [0.1, 0.15) is 11.1 Å². The van der Waals surface area contributed by atoms with Crippen molar-refractivity contribution < 1.29 is 0 Å². The summed E-state index contributed by atoms with van der Waals surface area (Å²) in [6, 6.07) is 101. The van der Waals surface area contributed by atoms with Crippen LogP contribution in [0.5, 0.6) is 0 Å². The van der Waals surface area contributed by atoms with E-state index in [1.54, 1.807) is 0 Å². The second-order valence-electron chi connectivity index (χ2n) is 18.5. The lowest BCUT2D eigenvalue weighted by molar-refractivity contribution is 1.28. The Morgan fingerprint density at radius 3 is 0.986 bits per heavy atom. The van der Waals surface area contributed by atoms with Gasteiger partial charge in [-0.3, -0.25) is 0 Å². The van der Waals surface area contributed by atoms with Crippen LogP contribution in [-0.4, -0.2) is 0 Å². The molecular weight excluding hydrogens is 869 g/mol. The zero-order valence-corrected chi connectivity index (χ0v) is 39.6. The minimum absolute atomic E-state index is 1.10. The molecule has 338 valence electrons. The summed E-state index contributed by atoms with van der Waals surface area (Å²) in [7, 11) is 0. The smallest absolute Gasteiger partial charge is 0.0468 e. The van der Waals surface area contributed by atoms with E-state index in [2.05, 4.69) is 301 Å². The third-order valence-corrected chi connectivity index (χ3v) is 14.1. The molecule has 13 rings (SSSR count). The highest BCUT2D eigenvalue weighted by Gasteiger charge is 2.17. The molecule has 0 bridgehead atoms. The molecule has 0 radical (unpaired) electrons. The Morgan fingerprint density at radius 1 is 0.208 bits per heavy atom. The predicted molar refractivity (Wildman–Crippen MR) is 310 cm³/mol. The predicted octanol–water partition coefficient (Wildman–Crippen LogP) is 19.9. The van der Waals surface area contributed by atoms with Gasteiger partial charge in [-0.15, -0.1) is 0 Å². The Hall–Kier alpha value is -9.50. The van der Waals surface area contributed by atoms with E-state index in [-0.39, 0.29) is 0 Å². The van der Waals surface area contributed by atoms with Gasteiger partial charge in [0.15, 0.2) is 0 Å². The van der Waals surface area contributed by atoms with Crippen molar-refractivity contribution in [1.29, 1.82) is 0 Å². The maximum absolute atomic E-state index is 2.35. The van der Waals surface area contributed by atoms with E-state index in [1.807, 2.05) is 0 Å². The van der Waals surface area contributed by atoms with Crippen molar-refractivity contribution in [3.8, 4) is 22.3 Å². The first kappa shape index (κ1) is 42.6. The van der Waals surface area contributed by atoms with Gasteiger partial charge in [0.05, 0.1) is 0 Å². The molecule has 2 nitrogen and oxygen atoms in total. The van der Waals surface area contributed by atoms with Crippen molar-refractivity contribution in [3.63, 3.8) is 0 Å². The monoisotopic (exact) mass is 916 g/mol. The van der Waals surface area contributed by atoms with Crippen molar-refractivity contribution in [2.24, 2.45) is 0 Å². The number of fused-ring (bicyclic) bond motifs is 5. The SMILES string of the molecule is C(=C\c1ccc2cc(N(c3ccccc3)c3ccc(-c4c5ccccc5cc5ccccc45)cc3)ccc2c1)/c1ccc(N(c2ccccc2)c2ccc(-c3c4ccccc4cc4ccccc34)cc2)cc1. The van der Waals surface area contributed by atoms with Crippen molar-refractivity contribution >= 4 is 100 Å². The van der Waals surface area contributed by atoms with Gasteiger partial charge in [0, 0.05) is 34.1 Å². The second-order valence-corrected chi connectivity index (χ2v) is 18.5. The van der Waals surface area contributed by atoms with Crippen LogP contribution in [0, 0.1) is 0 Å². The van der Waals surface area contributed by atoms with Crippen LogP contribution < -0.4 is 9.80 Å². The lowest BCUT2D eigenvalue weighted by Crippen LogP contribution is -2.09. The van der Waals surface area contributed by atoms with Crippen LogP contribution in [0.2, 0.25) is 0 Å². The number of para-hydroxylation sites is 2. The van der Waals surface area contributed by atoms with Gasteiger partial charge >= 0.3 is 0 Å². The fraction of sp³-hybridized carbons (Fsp3) is 0. The molecule has 0 aliphatic rings. The first-order chi connectivity index (χ1) is 35.7. The Kier molecular flexibility index (Phi) is 10.9. The fourth-order valence-corrected chi connectivity index (χ4v) is 10.7. The van der Waals surface area contributed by atoms with Gasteiger partial charge in [-0.1, -0.05) is 200 Å². The van der Waals surface area contributed by atoms with Crippen molar-refractivity contribution in [1.82, 2.24) is 0 Å². The molecule has 72 heavy (non-hydrogen) atoms. The van der Waals surface area contributed by atoms with Gasteiger partial charge in [-0.05, 0) is 178 Å².